The van der Waals surface area contributed by atoms with Gasteiger partial charge in [-0.1, -0.05) is 30.2 Å². The quantitative estimate of drug-likeness (QED) is 0.443. The third kappa shape index (κ3) is 2.52. The van der Waals surface area contributed by atoms with Gasteiger partial charge in [-0.15, -0.1) is 0 Å². The van der Waals surface area contributed by atoms with E-state index in [0.29, 0.717) is 12.8 Å². The van der Waals surface area contributed by atoms with E-state index in [1.807, 2.05) is 0 Å². The number of rotatable bonds is 5. The topological polar surface area (TPSA) is 52.6 Å². The first-order valence-electron chi connectivity index (χ1n) is 7.73. The van der Waals surface area contributed by atoms with Crippen LogP contribution in [0.2, 0.25) is 0 Å². The number of fused-ring (bicyclic) bond motifs is 1. The lowest BCUT2D eigenvalue weighted by Crippen LogP contribution is -2.40. The van der Waals surface area contributed by atoms with Crippen LogP contribution in [0.25, 0.3) is 0 Å². The van der Waals surface area contributed by atoms with E-state index in [1.165, 1.54) is 11.1 Å². The van der Waals surface area contributed by atoms with Crippen LogP contribution >= 0.6 is 0 Å². The molecule has 0 bridgehead atoms. The average Bonchev–Trinajstić information content (AvgIpc) is 2.98. The van der Waals surface area contributed by atoms with Crippen molar-refractivity contribution in [1.29, 1.82) is 0 Å². The molecule has 0 aliphatic heterocycles. The van der Waals surface area contributed by atoms with Crippen molar-refractivity contribution in [2.75, 3.05) is 13.2 Å². The molecule has 0 N–H and O–H groups in total. The lowest BCUT2D eigenvalue weighted by molar-refractivity contribution is -0.171. The molecule has 2 rings (SSSR count). The Morgan fingerprint density at radius 1 is 1.19 bits per heavy atom. The van der Waals surface area contributed by atoms with Crippen molar-refractivity contribution in [2.45, 2.75) is 46.5 Å². The monoisotopic (exact) mass is 292 g/mol. The molecule has 1 saturated carbocycles. The number of esters is 2. The fraction of sp³-hybridized carbons (Fsp3) is 0.647. The summed E-state index contributed by atoms with van der Waals surface area (Å²) in [4.78, 5) is 24.9. The van der Waals surface area contributed by atoms with E-state index in [2.05, 4.69) is 13.5 Å². The van der Waals surface area contributed by atoms with E-state index in [-0.39, 0.29) is 19.1 Å². The number of ether oxygens (including phenoxy) is 2. The Balaban J connectivity index is 2.38. The zero-order valence-electron chi connectivity index (χ0n) is 13.2. The number of carbonyl (C=O) groups excluding carboxylic acids is 2. The van der Waals surface area contributed by atoms with Gasteiger partial charge in [0.25, 0.3) is 0 Å². The molecule has 1 fully saturated rings. The second-order valence-electron chi connectivity index (χ2n) is 5.77. The summed E-state index contributed by atoms with van der Waals surface area (Å²) in [5.74, 6) is -0.768. The van der Waals surface area contributed by atoms with E-state index in [4.69, 9.17) is 9.47 Å². The van der Waals surface area contributed by atoms with Gasteiger partial charge in [-0.2, -0.15) is 0 Å². The molecule has 116 valence electrons. The summed E-state index contributed by atoms with van der Waals surface area (Å²) in [6.45, 7) is 10.3. The van der Waals surface area contributed by atoms with E-state index in [9.17, 15) is 9.59 Å². The molecule has 1 atom stereocenters. The van der Waals surface area contributed by atoms with Crippen LogP contribution < -0.4 is 0 Å². The van der Waals surface area contributed by atoms with Crippen LogP contribution in [-0.2, 0) is 19.1 Å². The lowest BCUT2D eigenvalue weighted by atomic mass is 9.83. The fourth-order valence-corrected chi connectivity index (χ4v) is 3.55. The van der Waals surface area contributed by atoms with Crippen LogP contribution in [0.15, 0.2) is 23.3 Å². The second kappa shape index (κ2) is 6.04. The summed E-state index contributed by atoms with van der Waals surface area (Å²) < 4.78 is 10.3. The molecule has 0 aromatic heterocycles. The predicted octanol–water partition coefficient (Wildman–Crippen LogP) is 3.18. The van der Waals surface area contributed by atoms with Crippen molar-refractivity contribution in [3.05, 3.63) is 23.3 Å². The SMILES string of the molecule is C=C1CC(CC)=C2CC(C(=O)OCC)(C(=O)OCC)CC12. The largest absolute Gasteiger partial charge is 0.465 e. The maximum Gasteiger partial charge on any atom is 0.323 e. The zero-order valence-corrected chi connectivity index (χ0v) is 13.2. The fourth-order valence-electron chi connectivity index (χ4n) is 3.55. The highest BCUT2D eigenvalue weighted by atomic mass is 16.6. The summed E-state index contributed by atoms with van der Waals surface area (Å²) in [6.07, 6.45) is 2.71. The van der Waals surface area contributed by atoms with Gasteiger partial charge in [-0.25, -0.2) is 0 Å². The minimum Gasteiger partial charge on any atom is -0.465 e. The molecule has 0 aromatic carbocycles. The highest BCUT2D eigenvalue weighted by Crippen LogP contribution is 2.55. The standard InChI is InChI=1S/C17H24O4/c1-5-12-8-11(4)13-9-17(10-14(12)13,15(18)20-6-2)16(19)21-7-3/h13H,4-10H2,1-3H3. The number of hydrogen-bond acceptors (Lipinski definition) is 4. The Labute approximate surface area is 126 Å². The number of carbonyl (C=O) groups is 2. The summed E-state index contributed by atoms with van der Waals surface area (Å²) in [5, 5.41) is 0. The van der Waals surface area contributed by atoms with Crippen LogP contribution in [0.4, 0.5) is 0 Å². The molecule has 21 heavy (non-hydrogen) atoms. The van der Waals surface area contributed by atoms with Crippen LogP contribution in [-0.4, -0.2) is 25.2 Å². The normalized spacial score (nSPS) is 23.2. The highest BCUT2D eigenvalue weighted by molar-refractivity contribution is 6.01. The van der Waals surface area contributed by atoms with Crippen molar-refractivity contribution >= 4 is 11.9 Å². The van der Waals surface area contributed by atoms with Gasteiger partial charge < -0.3 is 9.47 Å². The van der Waals surface area contributed by atoms with Crippen LogP contribution in [0.3, 0.4) is 0 Å². The number of allylic oxidation sites excluding steroid dienone is 3. The van der Waals surface area contributed by atoms with Gasteiger partial charge in [0.1, 0.15) is 0 Å². The Morgan fingerprint density at radius 3 is 2.24 bits per heavy atom. The molecule has 2 aliphatic carbocycles. The first-order valence-corrected chi connectivity index (χ1v) is 7.73. The molecule has 1 unspecified atom stereocenters. The van der Waals surface area contributed by atoms with E-state index in [1.54, 1.807) is 13.8 Å². The molecule has 0 amide bonds. The molecule has 0 radical (unpaired) electrons. The molecule has 0 heterocycles. The van der Waals surface area contributed by atoms with Crippen LogP contribution in [0.5, 0.6) is 0 Å². The van der Waals surface area contributed by atoms with Crippen molar-refractivity contribution < 1.29 is 19.1 Å². The number of hydrogen-bond donors (Lipinski definition) is 0. The highest BCUT2D eigenvalue weighted by Gasteiger charge is 2.57. The Kier molecular flexibility index (Phi) is 4.55. The van der Waals surface area contributed by atoms with Gasteiger partial charge in [0, 0.05) is 5.92 Å². The zero-order chi connectivity index (χ0) is 15.6. The van der Waals surface area contributed by atoms with E-state index in [0.717, 1.165) is 18.4 Å². The van der Waals surface area contributed by atoms with Gasteiger partial charge in [-0.05, 0) is 39.5 Å². The Morgan fingerprint density at radius 2 is 1.76 bits per heavy atom. The van der Waals surface area contributed by atoms with Crippen molar-refractivity contribution in [1.82, 2.24) is 0 Å². The van der Waals surface area contributed by atoms with Gasteiger partial charge in [0.05, 0.1) is 13.2 Å². The lowest BCUT2D eigenvalue weighted by Gasteiger charge is -2.25. The first-order chi connectivity index (χ1) is 10.00. The minimum absolute atomic E-state index is 0.133. The smallest absolute Gasteiger partial charge is 0.323 e. The van der Waals surface area contributed by atoms with E-state index >= 15 is 0 Å². The van der Waals surface area contributed by atoms with Crippen LogP contribution in [0.1, 0.15) is 46.5 Å². The Bertz CT molecular complexity index is 483. The summed E-state index contributed by atoms with van der Waals surface area (Å²) in [7, 11) is 0. The Hall–Kier alpha value is -1.58. The van der Waals surface area contributed by atoms with Crippen molar-refractivity contribution in [3.8, 4) is 0 Å². The van der Waals surface area contributed by atoms with Crippen molar-refractivity contribution in [3.63, 3.8) is 0 Å². The van der Waals surface area contributed by atoms with Gasteiger partial charge in [0.15, 0.2) is 5.41 Å². The second-order valence-corrected chi connectivity index (χ2v) is 5.77. The van der Waals surface area contributed by atoms with Gasteiger partial charge >= 0.3 is 11.9 Å². The third-order valence-corrected chi connectivity index (χ3v) is 4.61. The molecule has 4 heteroatoms. The molecular formula is C17H24O4. The van der Waals surface area contributed by atoms with E-state index < -0.39 is 17.4 Å². The predicted molar refractivity (Wildman–Crippen MR) is 79.5 cm³/mol. The molecule has 0 saturated heterocycles. The average molecular weight is 292 g/mol. The maximum absolute atomic E-state index is 12.4. The molecule has 0 spiro atoms. The summed E-state index contributed by atoms with van der Waals surface area (Å²) in [5.41, 5.74) is 2.47. The third-order valence-electron chi connectivity index (χ3n) is 4.61. The molecular weight excluding hydrogens is 268 g/mol. The van der Waals surface area contributed by atoms with Crippen LogP contribution in [0, 0.1) is 11.3 Å². The van der Waals surface area contributed by atoms with Gasteiger partial charge in [0.2, 0.25) is 0 Å². The van der Waals surface area contributed by atoms with Gasteiger partial charge in [-0.3, -0.25) is 9.59 Å². The summed E-state index contributed by atoms with van der Waals surface area (Å²) >= 11 is 0. The molecule has 4 nitrogen and oxygen atoms in total. The van der Waals surface area contributed by atoms with Crippen molar-refractivity contribution in [2.24, 2.45) is 11.3 Å². The maximum atomic E-state index is 12.4. The molecule has 2 aliphatic rings. The molecule has 0 aromatic rings. The first kappa shape index (κ1) is 15.8. The minimum atomic E-state index is -1.17. The summed E-state index contributed by atoms with van der Waals surface area (Å²) in [6, 6.07) is 0.